The van der Waals surface area contributed by atoms with Gasteiger partial charge in [0.05, 0.1) is 0 Å². The lowest BCUT2D eigenvalue weighted by atomic mass is 10.3. The third-order valence-electron chi connectivity index (χ3n) is 2.31. The lowest BCUT2D eigenvalue weighted by molar-refractivity contribution is 0.299. The molecule has 3 nitrogen and oxygen atoms in total. The number of aromatic nitrogens is 1. The Morgan fingerprint density at radius 2 is 2.12 bits per heavy atom. The monoisotopic (exact) mass is 246 g/mol. The molecule has 0 spiro atoms. The third kappa shape index (κ3) is 3.14. The molecule has 1 aromatic carbocycles. The van der Waals surface area contributed by atoms with Crippen molar-refractivity contribution < 1.29 is 4.74 Å². The molecule has 1 aromatic heterocycles. The van der Waals surface area contributed by atoms with Gasteiger partial charge < -0.3 is 10.5 Å². The van der Waals surface area contributed by atoms with Crippen molar-refractivity contribution in [3.05, 3.63) is 48.2 Å². The lowest BCUT2D eigenvalue weighted by Gasteiger charge is -2.09. The van der Waals surface area contributed by atoms with Gasteiger partial charge in [0.25, 0.3) is 0 Å². The summed E-state index contributed by atoms with van der Waals surface area (Å²) in [4.78, 5) is 5.08. The molecule has 0 fully saturated rings. The first kappa shape index (κ1) is 11.8. The second kappa shape index (κ2) is 5.59. The van der Waals surface area contributed by atoms with Crippen molar-refractivity contribution in [2.45, 2.75) is 11.5 Å². The van der Waals surface area contributed by atoms with Crippen molar-refractivity contribution in [2.75, 3.05) is 12.0 Å². The molecule has 2 N–H and O–H groups in total. The Labute approximate surface area is 105 Å². The van der Waals surface area contributed by atoms with E-state index >= 15 is 0 Å². The number of thioether (sulfide) groups is 1. The lowest BCUT2D eigenvalue weighted by Crippen LogP contribution is -1.98. The van der Waals surface area contributed by atoms with Gasteiger partial charge in [-0.15, -0.1) is 11.8 Å². The molecular formula is C13H14N2OS. The van der Waals surface area contributed by atoms with E-state index in [1.807, 2.05) is 42.7 Å². The summed E-state index contributed by atoms with van der Waals surface area (Å²) in [7, 11) is 0. The minimum Gasteiger partial charge on any atom is -0.488 e. The minimum absolute atomic E-state index is 0.504. The predicted molar refractivity (Wildman–Crippen MR) is 71.2 cm³/mol. The van der Waals surface area contributed by atoms with Gasteiger partial charge in [-0.05, 0) is 36.1 Å². The largest absolute Gasteiger partial charge is 0.488 e. The third-order valence-corrected chi connectivity index (χ3v) is 3.09. The number of nitrogens with two attached hydrogens (primary N) is 1. The number of pyridine rings is 1. The first-order chi connectivity index (χ1) is 8.29. The number of ether oxygens (including phenoxy) is 1. The van der Waals surface area contributed by atoms with Gasteiger partial charge in [0.15, 0.2) is 0 Å². The highest BCUT2D eigenvalue weighted by Gasteiger charge is 2.02. The van der Waals surface area contributed by atoms with Crippen molar-refractivity contribution >= 4 is 17.6 Å². The topological polar surface area (TPSA) is 48.1 Å². The Balaban J connectivity index is 2.07. The molecule has 0 radical (unpaired) electrons. The van der Waals surface area contributed by atoms with Gasteiger partial charge in [-0.25, -0.2) is 4.98 Å². The molecule has 0 aliphatic heterocycles. The van der Waals surface area contributed by atoms with E-state index in [9.17, 15) is 0 Å². The van der Waals surface area contributed by atoms with Crippen LogP contribution in [0.1, 0.15) is 5.56 Å². The van der Waals surface area contributed by atoms with Crippen LogP contribution in [0.15, 0.2) is 47.5 Å². The quantitative estimate of drug-likeness (QED) is 0.843. The predicted octanol–water partition coefficient (Wildman–Crippen LogP) is 2.96. The molecule has 0 saturated heterocycles. The molecule has 0 atom stereocenters. The first-order valence-corrected chi connectivity index (χ1v) is 6.48. The van der Waals surface area contributed by atoms with E-state index in [1.165, 1.54) is 0 Å². The fourth-order valence-electron chi connectivity index (χ4n) is 1.48. The van der Waals surface area contributed by atoms with E-state index in [4.69, 9.17) is 10.5 Å². The van der Waals surface area contributed by atoms with E-state index in [0.29, 0.717) is 12.4 Å². The number of rotatable bonds is 4. The van der Waals surface area contributed by atoms with Gasteiger partial charge in [-0.1, -0.05) is 12.1 Å². The molecule has 2 rings (SSSR count). The van der Waals surface area contributed by atoms with Crippen LogP contribution in [-0.2, 0) is 6.61 Å². The summed E-state index contributed by atoms with van der Waals surface area (Å²) in [5, 5.41) is 0. The molecule has 0 saturated carbocycles. The maximum absolute atomic E-state index is 5.76. The molecule has 0 aliphatic rings. The number of para-hydroxylation sites is 1. The molecule has 0 unspecified atom stereocenters. The maximum atomic E-state index is 5.76. The van der Waals surface area contributed by atoms with Gasteiger partial charge in [0, 0.05) is 11.1 Å². The number of anilines is 1. The summed E-state index contributed by atoms with van der Waals surface area (Å²) in [5.74, 6) is 1.42. The molecule has 0 aliphatic carbocycles. The fourth-order valence-corrected chi connectivity index (χ4v) is 2.03. The van der Waals surface area contributed by atoms with Gasteiger partial charge in [-0.2, -0.15) is 0 Å². The van der Waals surface area contributed by atoms with Crippen LogP contribution in [0.25, 0.3) is 0 Å². The minimum atomic E-state index is 0.504. The SMILES string of the molecule is CSc1ccccc1OCc1ccnc(N)c1. The summed E-state index contributed by atoms with van der Waals surface area (Å²) in [6, 6.07) is 11.7. The van der Waals surface area contributed by atoms with E-state index < -0.39 is 0 Å². The van der Waals surface area contributed by atoms with Crippen LogP contribution in [0.2, 0.25) is 0 Å². The summed E-state index contributed by atoms with van der Waals surface area (Å²) in [6.07, 6.45) is 3.72. The smallest absolute Gasteiger partial charge is 0.133 e. The van der Waals surface area contributed by atoms with Gasteiger partial charge in [0.2, 0.25) is 0 Å². The van der Waals surface area contributed by atoms with E-state index in [-0.39, 0.29) is 0 Å². The Hall–Kier alpha value is -1.68. The zero-order valence-corrected chi connectivity index (χ0v) is 10.4. The number of hydrogen-bond donors (Lipinski definition) is 1. The number of nitrogens with zero attached hydrogens (tertiary/aromatic N) is 1. The molecule has 88 valence electrons. The summed E-state index contributed by atoms with van der Waals surface area (Å²) >= 11 is 1.67. The van der Waals surface area contributed by atoms with Crippen LogP contribution < -0.4 is 10.5 Å². The molecule has 1 heterocycles. The van der Waals surface area contributed by atoms with Crippen LogP contribution in [0.5, 0.6) is 5.75 Å². The Kier molecular flexibility index (Phi) is 3.88. The highest BCUT2D eigenvalue weighted by molar-refractivity contribution is 7.98. The first-order valence-electron chi connectivity index (χ1n) is 5.26. The van der Waals surface area contributed by atoms with E-state index in [2.05, 4.69) is 4.98 Å². The van der Waals surface area contributed by atoms with E-state index in [0.717, 1.165) is 16.2 Å². The highest BCUT2D eigenvalue weighted by atomic mass is 32.2. The van der Waals surface area contributed by atoms with Crippen molar-refractivity contribution in [1.82, 2.24) is 4.98 Å². The summed E-state index contributed by atoms with van der Waals surface area (Å²) < 4.78 is 5.76. The molecular weight excluding hydrogens is 232 g/mol. The summed E-state index contributed by atoms with van der Waals surface area (Å²) in [6.45, 7) is 0.504. The van der Waals surface area contributed by atoms with Crippen LogP contribution in [0.3, 0.4) is 0 Å². The average molecular weight is 246 g/mol. The Morgan fingerprint density at radius 1 is 1.29 bits per heavy atom. The number of hydrogen-bond acceptors (Lipinski definition) is 4. The maximum Gasteiger partial charge on any atom is 0.133 e. The summed E-state index contributed by atoms with van der Waals surface area (Å²) in [5.41, 5.74) is 6.63. The zero-order valence-electron chi connectivity index (χ0n) is 9.59. The van der Waals surface area contributed by atoms with Crippen molar-refractivity contribution in [3.63, 3.8) is 0 Å². The second-order valence-corrected chi connectivity index (χ2v) is 4.38. The Bertz CT molecular complexity index is 502. The number of benzene rings is 1. The van der Waals surface area contributed by atoms with Crippen LogP contribution in [0, 0.1) is 0 Å². The van der Waals surface area contributed by atoms with E-state index in [1.54, 1.807) is 18.0 Å². The standard InChI is InChI=1S/C13H14N2OS/c1-17-12-5-3-2-4-11(12)16-9-10-6-7-15-13(14)8-10/h2-8H,9H2,1H3,(H2,14,15). The van der Waals surface area contributed by atoms with Crippen molar-refractivity contribution in [2.24, 2.45) is 0 Å². The molecule has 0 bridgehead atoms. The van der Waals surface area contributed by atoms with Crippen molar-refractivity contribution in [1.29, 1.82) is 0 Å². The second-order valence-electron chi connectivity index (χ2n) is 3.53. The molecule has 0 amide bonds. The zero-order chi connectivity index (χ0) is 12.1. The van der Waals surface area contributed by atoms with Crippen LogP contribution in [-0.4, -0.2) is 11.2 Å². The van der Waals surface area contributed by atoms with Crippen LogP contribution >= 0.6 is 11.8 Å². The Morgan fingerprint density at radius 3 is 2.88 bits per heavy atom. The molecule has 2 aromatic rings. The van der Waals surface area contributed by atoms with Crippen molar-refractivity contribution in [3.8, 4) is 5.75 Å². The van der Waals surface area contributed by atoms with Gasteiger partial charge >= 0.3 is 0 Å². The molecule has 17 heavy (non-hydrogen) atoms. The fraction of sp³-hybridized carbons (Fsp3) is 0.154. The normalized spacial score (nSPS) is 10.2. The van der Waals surface area contributed by atoms with Gasteiger partial charge in [-0.3, -0.25) is 0 Å². The average Bonchev–Trinajstić information content (AvgIpc) is 2.37. The van der Waals surface area contributed by atoms with Gasteiger partial charge in [0.1, 0.15) is 18.2 Å². The highest BCUT2D eigenvalue weighted by Crippen LogP contribution is 2.27. The molecule has 4 heteroatoms. The van der Waals surface area contributed by atoms with Crippen LogP contribution in [0.4, 0.5) is 5.82 Å². The number of nitrogen functional groups attached to an aromatic ring is 1.